The number of aryl methyl sites for hydroxylation is 1. The molecule has 1 unspecified atom stereocenters. The smallest absolute Gasteiger partial charge is 0.295 e. The fraction of sp³-hybridized carbons (Fsp3) is 0.214. The Labute approximate surface area is 207 Å². The topological polar surface area (TPSA) is 87.4 Å². The van der Waals surface area contributed by atoms with Gasteiger partial charge in [0.05, 0.1) is 45.4 Å². The molecule has 1 aromatic heterocycles. The zero-order chi connectivity index (χ0) is 25.6. The summed E-state index contributed by atoms with van der Waals surface area (Å²) >= 11 is 0. The van der Waals surface area contributed by atoms with Gasteiger partial charge in [0.2, 0.25) is 11.5 Å². The van der Waals surface area contributed by atoms with Crippen molar-refractivity contribution in [2.75, 3.05) is 33.3 Å². The molecule has 1 amide bonds. The highest BCUT2D eigenvalue weighted by atomic mass is 16.5. The van der Waals surface area contributed by atoms with Gasteiger partial charge in [0, 0.05) is 11.8 Å². The number of hydrogen-bond acceptors (Lipinski definition) is 7. The number of fused-ring (bicyclic) bond motifs is 2. The lowest BCUT2D eigenvalue weighted by molar-refractivity contribution is 0.0971. The number of ether oxygens (including phenoxy) is 4. The molecular formula is C28H25NO7. The lowest BCUT2D eigenvalue weighted by Gasteiger charge is -2.26. The minimum Gasteiger partial charge on any atom is -0.497 e. The number of amides is 1. The van der Waals surface area contributed by atoms with Crippen molar-refractivity contribution in [3.63, 3.8) is 0 Å². The van der Waals surface area contributed by atoms with Crippen LogP contribution in [0.3, 0.4) is 0 Å². The van der Waals surface area contributed by atoms with Crippen LogP contribution in [0.4, 0.5) is 5.69 Å². The maximum absolute atomic E-state index is 13.9. The van der Waals surface area contributed by atoms with Gasteiger partial charge in [0.25, 0.3) is 5.91 Å². The Morgan fingerprint density at radius 3 is 2.19 bits per heavy atom. The molecule has 0 N–H and O–H groups in total. The maximum Gasteiger partial charge on any atom is 0.295 e. The second-order valence-corrected chi connectivity index (χ2v) is 8.41. The monoisotopic (exact) mass is 487 g/mol. The van der Waals surface area contributed by atoms with E-state index >= 15 is 0 Å². The Morgan fingerprint density at radius 2 is 1.56 bits per heavy atom. The van der Waals surface area contributed by atoms with Gasteiger partial charge in [-0.3, -0.25) is 14.5 Å². The highest BCUT2D eigenvalue weighted by Gasteiger charge is 2.44. The van der Waals surface area contributed by atoms with E-state index in [9.17, 15) is 9.59 Å². The number of rotatable bonds is 6. The van der Waals surface area contributed by atoms with Crippen molar-refractivity contribution in [1.82, 2.24) is 0 Å². The number of methoxy groups -OCH3 is 4. The average Bonchev–Trinajstić information content (AvgIpc) is 3.20. The number of hydrogen-bond donors (Lipinski definition) is 0. The van der Waals surface area contributed by atoms with Crippen LogP contribution in [0.2, 0.25) is 0 Å². The molecule has 3 aromatic carbocycles. The standard InChI is InChI=1S/C28H25NO7/c1-15-9-10-20-19(11-15)25(30)23-24(16-12-21(33-3)26(35-5)22(13-16)34-4)29(28(31)27(23)36-20)17-7-6-8-18(14-17)32-2/h6-14,24H,1-5H3. The third kappa shape index (κ3) is 3.53. The summed E-state index contributed by atoms with van der Waals surface area (Å²) in [6.45, 7) is 1.90. The van der Waals surface area contributed by atoms with Crippen molar-refractivity contribution in [3.05, 3.63) is 87.3 Å². The lowest BCUT2D eigenvalue weighted by Crippen LogP contribution is -2.29. The molecule has 8 nitrogen and oxygen atoms in total. The summed E-state index contributed by atoms with van der Waals surface area (Å²) in [7, 11) is 6.09. The normalized spacial score (nSPS) is 14.6. The van der Waals surface area contributed by atoms with E-state index in [1.54, 1.807) is 55.6 Å². The number of benzene rings is 3. The highest BCUT2D eigenvalue weighted by Crippen LogP contribution is 2.46. The minimum absolute atomic E-state index is 0.00192. The highest BCUT2D eigenvalue weighted by molar-refractivity contribution is 6.10. The first-order valence-corrected chi connectivity index (χ1v) is 11.3. The van der Waals surface area contributed by atoms with Gasteiger partial charge in [0.15, 0.2) is 16.9 Å². The summed E-state index contributed by atoms with van der Waals surface area (Å²) in [5.74, 6) is 1.34. The van der Waals surface area contributed by atoms with Crippen LogP contribution in [0.25, 0.3) is 11.0 Å². The molecule has 0 radical (unpaired) electrons. The van der Waals surface area contributed by atoms with Gasteiger partial charge >= 0.3 is 0 Å². The third-order valence-electron chi connectivity index (χ3n) is 6.36. The summed E-state index contributed by atoms with van der Waals surface area (Å²) in [6, 6.07) is 15.1. The Morgan fingerprint density at radius 1 is 0.833 bits per heavy atom. The summed E-state index contributed by atoms with van der Waals surface area (Å²) in [6.07, 6.45) is 0. The van der Waals surface area contributed by atoms with Crippen molar-refractivity contribution >= 4 is 22.6 Å². The van der Waals surface area contributed by atoms with E-state index in [4.69, 9.17) is 23.4 Å². The number of anilines is 1. The van der Waals surface area contributed by atoms with Crippen molar-refractivity contribution < 1.29 is 28.2 Å². The summed E-state index contributed by atoms with van der Waals surface area (Å²) in [5, 5.41) is 0.409. The van der Waals surface area contributed by atoms with Crippen LogP contribution in [-0.4, -0.2) is 34.3 Å². The van der Waals surface area contributed by atoms with Gasteiger partial charge in [-0.2, -0.15) is 0 Å². The largest absolute Gasteiger partial charge is 0.497 e. The molecule has 1 atom stereocenters. The molecule has 36 heavy (non-hydrogen) atoms. The van der Waals surface area contributed by atoms with Crippen LogP contribution in [0, 0.1) is 6.92 Å². The Bertz CT molecular complexity index is 1530. The van der Waals surface area contributed by atoms with Crippen LogP contribution in [0.5, 0.6) is 23.0 Å². The zero-order valence-corrected chi connectivity index (χ0v) is 20.6. The third-order valence-corrected chi connectivity index (χ3v) is 6.36. The van der Waals surface area contributed by atoms with E-state index in [0.717, 1.165) is 5.56 Å². The molecule has 1 aliphatic rings. The summed E-state index contributed by atoms with van der Waals surface area (Å²) < 4.78 is 28.0. The van der Waals surface area contributed by atoms with E-state index in [1.807, 2.05) is 13.0 Å². The van der Waals surface area contributed by atoms with Crippen molar-refractivity contribution in [3.8, 4) is 23.0 Å². The molecule has 0 bridgehead atoms. The molecule has 0 saturated carbocycles. The van der Waals surface area contributed by atoms with E-state index in [0.29, 0.717) is 45.2 Å². The number of carbonyl (C=O) groups is 1. The first kappa shape index (κ1) is 23.3. The van der Waals surface area contributed by atoms with Gasteiger partial charge in [-0.05, 0) is 48.9 Å². The Balaban J connectivity index is 1.84. The quantitative estimate of drug-likeness (QED) is 0.383. The molecule has 4 aromatic rings. The van der Waals surface area contributed by atoms with Crippen molar-refractivity contribution in [2.24, 2.45) is 0 Å². The fourth-order valence-corrected chi connectivity index (χ4v) is 4.69. The van der Waals surface area contributed by atoms with Gasteiger partial charge in [-0.25, -0.2) is 0 Å². The van der Waals surface area contributed by atoms with Crippen LogP contribution in [-0.2, 0) is 0 Å². The molecule has 0 aliphatic carbocycles. The van der Waals surface area contributed by atoms with Crippen LogP contribution < -0.4 is 29.3 Å². The van der Waals surface area contributed by atoms with E-state index in [1.165, 1.54) is 26.2 Å². The van der Waals surface area contributed by atoms with Crippen LogP contribution in [0.1, 0.15) is 33.3 Å². The van der Waals surface area contributed by atoms with Gasteiger partial charge < -0.3 is 23.4 Å². The molecule has 1 aliphatic heterocycles. The molecule has 0 saturated heterocycles. The predicted molar refractivity (Wildman–Crippen MR) is 135 cm³/mol. The van der Waals surface area contributed by atoms with E-state index in [-0.39, 0.29) is 16.8 Å². The first-order valence-electron chi connectivity index (χ1n) is 11.3. The van der Waals surface area contributed by atoms with E-state index in [2.05, 4.69) is 0 Å². The number of carbonyl (C=O) groups excluding carboxylic acids is 1. The zero-order valence-electron chi connectivity index (χ0n) is 20.6. The molecular weight excluding hydrogens is 462 g/mol. The van der Waals surface area contributed by atoms with Crippen LogP contribution in [0.15, 0.2) is 63.8 Å². The van der Waals surface area contributed by atoms with Crippen LogP contribution >= 0.6 is 0 Å². The maximum atomic E-state index is 13.9. The molecule has 0 spiro atoms. The van der Waals surface area contributed by atoms with Gasteiger partial charge in [-0.1, -0.05) is 17.7 Å². The second-order valence-electron chi connectivity index (χ2n) is 8.41. The Hall–Kier alpha value is -4.46. The molecule has 0 fully saturated rings. The number of nitrogens with zero attached hydrogens (tertiary/aromatic N) is 1. The molecule has 5 rings (SSSR count). The average molecular weight is 488 g/mol. The predicted octanol–water partition coefficient (Wildman–Crippen LogP) is 4.89. The molecule has 8 heteroatoms. The summed E-state index contributed by atoms with van der Waals surface area (Å²) in [5.41, 5.74) is 2.38. The lowest BCUT2D eigenvalue weighted by atomic mass is 9.97. The molecule has 184 valence electrons. The Kier molecular flexibility index (Phi) is 5.80. The SMILES string of the molecule is COc1cccc(N2C(=O)c3oc4ccc(C)cc4c(=O)c3C2c2cc(OC)c(OC)c(OC)c2)c1. The minimum atomic E-state index is -0.811. The fourth-order valence-electron chi connectivity index (χ4n) is 4.69. The van der Waals surface area contributed by atoms with Crippen molar-refractivity contribution in [2.45, 2.75) is 13.0 Å². The van der Waals surface area contributed by atoms with Gasteiger partial charge in [0.1, 0.15) is 11.3 Å². The van der Waals surface area contributed by atoms with Crippen molar-refractivity contribution in [1.29, 1.82) is 0 Å². The second kappa shape index (κ2) is 8.96. The first-order chi connectivity index (χ1) is 17.4. The summed E-state index contributed by atoms with van der Waals surface area (Å²) in [4.78, 5) is 29.3. The van der Waals surface area contributed by atoms with E-state index < -0.39 is 11.9 Å². The van der Waals surface area contributed by atoms with Gasteiger partial charge in [-0.15, -0.1) is 0 Å². The molecule has 2 heterocycles.